The number of aliphatic carboxylic acids is 1. The van der Waals surface area contributed by atoms with Crippen LogP contribution in [0.2, 0.25) is 0 Å². The molecule has 2 N–H and O–H groups in total. The molecule has 2 heterocycles. The van der Waals surface area contributed by atoms with Crippen LogP contribution in [-0.2, 0) is 14.3 Å². The van der Waals surface area contributed by atoms with Crippen LogP contribution in [0, 0.1) is 18.8 Å². The minimum Gasteiger partial charge on any atom is -0.481 e. The van der Waals surface area contributed by atoms with Crippen LogP contribution >= 0.6 is 0 Å². The Bertz CT molecular complexity index is 557. The highest BCUT2D eigenvalue weighted by molar-refractivity contribution is 5.96. The lowest BCUT2D eigenvalue weighted by atomic mass is 9.78. The minimum absolute atomic E-state index is 0.251. The number of nitrogens with one attached hydrogen (secondary N) is 1. The normalized spacial score (nSPS) is 31.2. The highest BCUT2D eigenvalue weighted by atomic mass is 16.5. The Morgan fingerprint density at radius 3 is 2.50 bits per heavy atom. The van der Waals surface area contributed by atoms with Gasteiger partial charge >= 0.3 is 5.97 Å². The van der Waals surface area contributed by atoms with E-state index in [-0.39, 0.29) is 18.1 Å². The SMILES string of the molecule is Cc1ccccc1NC(=O)[C@H]1[C@@H](C(=O)O)[C@H]2CC[C@H]1O2. The quantitative estimate of drug-likeness (QED) is 0.882. The van der Waals surface area contributed by atoms with Gasteiger partial charge in [0, 0.05) is 5.69 Å². The Labute approximate surface area is 116 Å². The van der Waals surface area contributed by atoms with E-state index in [9.17, 15) is 14.7 Å². The average Bonchev–Trinajstić information content (AvgIpc) is 3.01. The molecule has 0 radical (unpaired) electrons. The molecule has 0 unspecified atom stereocenters. The van der Waals surface area contributed by atoms with E-state index in [1.54, 1.807) is 0 Å². The third-order valence-electron chi connectivity index (χ3n) is 4.26. The van der Waals surface area contributed by atoms with Gasteiger partial charge in [-0.2, -0.15) is 0 Å². The zero-order valence-corrected chi connectivity index (χ0v) is 11.2. The second-order valence-corrected chi connectivity index (χ2v) is 5.48. The van der Waals surface area contributed by atoms with Gasteiger partial charge in [0.25, 0.3) is 0 Å². The summed E-state index contributed by atoms with van der Waals surface area (Å²) in [5.74, 6) is -2.51. The summed E-state index contributed by atoms with van der Waals surface area (Å²) in [7, 11) is 0. The lowest BCUT2D eigenvalue weighted by Crippen LogP contribution is -2.41. The molecular weight excluding hydrogens is 258 g/mol. The molecule has 5 heteroatoms. The van der Waals surface area contributed by atoms with E-state index in [0.717, 1.165) is 24.1 Å². The largest absolute Gasteiger partial charge is 0.481 e. The van der Waals surface area contributed by atoms with Crippen LogP contribution in [-0.4, -0.2) is 29.2 Å². The zero-order chi connectivity index (χ0) is 14.3. The third-order valence-corrected chi connectivity index (χ3v) is 4.26. The first kappa shape index (κ1) is 13.1. The molecular formula is C15H17NO4. The molecule has 4 atom stereocenters. The van der Waals surface area contributed by atoms with Gasteiger partial charge in [0.15, 0.2) is 0 Å². The van der Waals surface area contributed by atoms with Gasteiger partial charge in [-0.05, 0) is 31.4 Å². The Hall–Kier alpha value is -1.88. The van der Waals surface area contributed by atoms with E-state index < -0.39 is 17.8 Å². The number of rotatable bonds is 3. The first-order valence-corrected chi connectivity index (χ1v) is 6.82. The molecule has 0 aromatic heterocycles. The number of hydrogen-bond acceptors (Lipinski definition) is 3. The van der Waals surface area contributed by atoms with Gasteiger partial charge in [-0.1, -0.05) is 18.2 Å². The smallest absolute Gasteiger partial charge is 0.310 e. The summed E-state index contributed by atoms with van der Waals surface area (Å²) in [6.07, 6.45) is 0.922. The van der Waals surface area contributed by atoms with Gasteiger partial charge in [-0.25, -0.2) is 0 Å². The summed E-state index contributed by atoms with van der Waals surface area (Å²) < 4.78 is 5.61. The van der Waals surface area contributed by atoms with E-state index in [1.807, 2.05) is 31.2 Å². The van der Waals surface area contributed by atoms with Gasteiger partial charge in [0.2, 0.25) is 5.91 Å². The molecule has 0 aliphatic carbocycles. The van der Waals surface area contributed by atoms with Crippen molar-refractivity contribution in [3.8, 4) is 0 Å². The van der Waals surface area contributed by atoms with E-state index >= 15 is 0 Å². The molecule has 106 valence electrons. The number of ether oxygens (including phenoxy) is 1. The Kier molecular flexibility index (Phi) is 3.22. The average molecular weight is 275 g/mol. The van der Waals surface area contributed by atoms with Crippen LogP contribution in [0.15, 0.2) is 24.3 Å². The lowest BCUT2D eigenvalue weighted by molar-refractivity contribution is -0.147. The van der Waals surface area contributed by atoms with Crippen LogP contribution < -0.4 is 5.32 Å². The van der Waals surface area contributed by atoms with Crippen LogP contribution in [0.25, 0.3) is 0 Å². The second kappa shape index (κ2) is 4.90. The summed E-state index contributed by atoms with van der Waals surface area (Å²) in [5, 5.41) is 12.2. The number of carboxylic acid groups (broad SMARTS) is 1. The number of benzene rings is 1. The number of aryl methyl sites for hydroxylation is 1. The maximum absolute atomic E-state index is 12.4. The van der Waals surface area contributed by atoms with Crippen molar-refractivity contribution in [1.82, 2.24) is 0 Å². The number of carbonyl (C=O) groups is 2. The highest BCUT2D eigenvalue weighted by Gasteiger charge is 2.55. The Morgan fingerprint density at radius 2 is 1.85 bits per heavy atom. The number of hydrogen-bond donors (Lipinski definition) is 2. The van der Waals surface area contributed by atoms with Crippen molar-refractivity contribution in [2.24, 2.45) is 11.8 Å². The first-order chi connectivity index (χ1) is 9.58. The Morgan fingerprint density at radius 1 is 1.20 bits per heavy atom. The van der Waals surface area contributed by atoms with Crippen molar-refractivity contribution in [3.05, 3.63) is 29.8 Å². The summed E-state index contributed by atoms with van der Waals surface area (Å²) in [6.45, 7) is 1.90. The van der Waals surface area contributed by atoms with Gasteiger partial charge < -0.3 is 15.2 Å². The molecule has 1 amide bonds. The van der Waals surface area contributed by atoms with E-state index in [1.165, 1.54) is 0 Å². The maximum atomic E-state index is 12.4. The molecule has 2 aliphatic heterocycles. The number of carbonyl (C=O) groups excluding carboxylic acids is 1. The van der Waals surface area contributed by atoms with E-state index in [0.29, 0.717) is 0 Å². The van der Waals surface area contributed by atoms with Gasteiger partial charge in [0.1, 0.15) is 0 Å². The topological polar surface area (TPSA) is 75.6 Å². The second-order valence-electron chi connectivity index (χ2n) is 5.48. The summed E-state index contributed by atoms with van der Waals surface area (Å²) >= 11 is 0. The molecule has 2 aliphatic rings. The van der Waals surface area contributed by atoms with E-state index in [2.05, 4.69) is 5.32 Å². The molecule has 0 saturated carbocycles. The maximum Gasteiger partial charge on any atom is 0.310 e. The minimum atomic E-state index is -0.942. The van der Waals surface area contributed by atoms with Crippen LogP contribution in [0.3, 0.4) is 0 Å². The number of anilines is 1. The van der Waals surface area contributed by atoms with Gasteiger partial charge in [-0.15, -0.1) is 0 Å². The summed E-state index contributed by atoms with van der Waals surface area (Å²) in [6, 6.07) is 7.46. The highest BCUT2D eigenvalue weighted by Crippen LogP contribution is 2.44. The molecule has 2 fully saturated rings. The molecule has 2 bridgehead atoms. The molecule has 5 nitrogen and oxygen atoms in total. The van der Waals surface area contributed by atoms with Gasteiger partial charge in [0.05, 0.1) is 24.0 Å². The van der Waals surface area contributed by atoms with Crippen molar-refractivity contribution < 1.29 is 19.4 Å². The summed E-state index contributed by atoms with van der Waals surface area (Å²) in [5.41, 5.74) is 1.68. The van der Waals surface area contributed by atoms with E-state index in [4.69, 9.17) is 4.74 Å². The molecule has 20 heavy (non-hydrogen) atoms. The van der Waals surface area contributed by atoms with Crippen LogP contribution in [0.4, 0.5) is 5.69 Å². The molecule has 3 rings (SSSR count). The van der Waals surface area contributed by atoms with Crippen molar-refractivity contribution in [1.29, 1.82) is 0 Å². The predicted molar refractivity (Wildman–Crippen MR) is 72.3 cm³/mol. The number of amides is 1. The standard InChI is InChI=1S/C15H17NO4/c1-8-4-2-3-5-9(8)16-14(17)12-10-6-7-11(20-10)13(12)15(18)19/h2-5,10-13H,6-7H2,1H3,(H,16,17)(H,18,19)/t10-,11-,12-,13+/m1/s1. The van der Waals surface area contributed by atoms with Crippen molar-refractivity contribution in [2.45, 2.75) is 32.0 Å². The van der Waals surface area contributed by atoms with Crippen LogP contribution in [0.1, 0.15) is 18.4 Å². The zero-order valence-electron chi connectivity index (χ0n) is 11.2. The number of para-hydroxylation sites is 1. The predicted octanol–water partition coefficient (Wildman–Crippen LogP) is 1.81. The van der Waals surface area contributed by atoms with Crippen molar-refractivity contribution in [3.63, 3.8) is 0 Å². The monoisotopic (exact) mass is 275 g/mol. The number of carboxylic acids is 1. The fourth-order valence-electron chi connectivity index (χ4n) is 3.25. The number of fused-ring (bicyclic) bond motifs is 2. The molecule has 1 aromatic rings. The van der Waals surface area contributed by atoms with Crippen LogP contribution in [0.5, 0.6) is 0 Å². The molecule has 2 saturated heterocycles. The fraction of sp³-hybridized carbons (Fsp3) is 0.467. The fourth-order valence-corrected chi connectivity index (χ4v) is 3.25. The van der Waals surface area contributed by atoms with Crippen molar-refractivity contribution >= 4 is 17.6 Å². The van der Waals surface area contributed by atoms with Crippen molar-refractivity contribution in [2.75, 3.05) is 5.32 Å². The Balaban J connectivity index is 1.80. The molecule has 0 spiro atoms. The third kappa shape index (κ3) is 2.08. The molecule has 1 aromatic carbocycles. The lowest BCUT2D eigenvalue weighted by Gasteiger charge is -2.24. The van der Waals surface area contributed by atoms with Gasteiger partial charge in [-0.3, -0.25) is 9.59 Å². The first-order valence-electron chi connectivity index (χ1n) is 6.82. The summed E-state index contributed by atoms with van der Waals surface area (Å²) in [4.78, 5) is 23.8.